The molecule has 0 aliphatic carbocycles. The lowest BCUT2D eigenvalue weighted by molar-refractivity contribution is -0.403. The number of alkyl halides is 19. The minimum Gasteiger partial charge on any atom is -0.477 e. The fraction of sp³-hybridized carbons (Fsp3) is 0.917. The first-order chi connectivity index (χ1) is 13.9. The summed E-state index contributed by atoms with van der Waals surface area (Å²) in [7, 11) is 0. The Balaban J connectivity index is 6.21. The van der Waals surface area contributed by atoms with Crippen molar-refractivity contribution in [1.29, 1.82) is 0 Å². The molecule has 0 aliphatic heterocycles. The van der Waals surface area contributed by atoms with Gasteiger partial charge in [0.15, 0.2) is 0 Å². The first-order valence-electron chi connectivity index (χ1n) is 7.18. The standard InChI is InChI=1S/C12H5F19O2/c13-4(14,2-6(17,18)9(23,24)11(27,28)12(29,30)31)1-5(15,16)8(21,22)10(25,26)7(19,20)3(32)33/h1-2H2,(H,32,33). The molecule has 0 spiro atoms. The highest BCUT2D eigenvalue weighted by molar-refractivity contribution is 5.77. The zero-order valence-corrected chi connectivity index (χ0v) is 14.5. The Labute approximate surface area is 167 Å². The van der Waals surface area contributed by atoms with Crippen molar-refractivity contribution in [3.8, 4) is 0 Å². The Kier molecular flexibility index (Phi) is 7.40. The van der Waals surface area contributed by atoms with Crippen molar-refractivity contribution in [3.05, 3.63) is 0 Å². The molecule has 21 heteroatoms. The van der Waals surface area contributed by atoms with Gasteiger partial charge in [0.1, 0.15) is 0 Å². The second-order valence-corrected chi connectivity index (χ2v) is 6.29. The second kappa shape index (κ2) is 7.84. The van der Waals surface area contributed by atoms with E-state index in [-0.39, 0.29) is 0 Å². The summed E-state index contributed by atoms with van der Waals surface area (Å²) in [4.78, 5) is 9.90. The number of hydrogen-bond acceptors (Lipinski definition) is 1. The number of carboxylic acid groups (broad SMARTS) is 1. The largest absolute Gasteiger partial charge is 0.477 e. The van der Waals surface area contributed by atoms with E-state index in [4.69, 9.17) is 5.11 Å². The Hall–Kier alpha value is -1.86. The van der Waals surface area contributed by atoms with Gasteiger partial charge in [-0.2, -0.15) is 74.6 Å². The second-order valence-electron chi connectivity index (χ2n) is 6.29. The van der Waals surface area contributed by atoms with Crippen molar-refractivity contribution in [3.63, 3.8) is 0 Å². The minimum absolute atomic E-state index is 4.21. The molecule has 0 heterocycles. The first kappa shape index (κ1) is 31.1. The van der Waals surface area contributed by atoms with Gasteiger partial charge in [0.25, 0.3) is 5.92 Å². The topological polar surface area (TPSA) is 37.3 Å². The van der Waals surface area contributed by atoms with Gasteiger partial charge in [-0.1, -0.05) is 0 Å². The average molecular weight is 542 g/mol. The molecule has 0 unspecified atom stereocenters. The van der Waals surface area contributed by atoms with Crippen LogP contribution >= 0.6 is 0 Å². The van der Waals surface area contributed by atoms with Crippen LogP contribution in [0.2, 0.25) is 0 Å². The van der Waals surface area contributed by atoms with Crippen LogP contribution in [0.4, 0.5) is 83.4 Å². The summed E-state index contributed by atoms with van der Waals surface area (Å²) < 4.78 is 244. The van der Waals surface area contributed by atoms with Crippen molar-refractivity contribution >= 4 is 5.97 Å². The quantitative estimate of drug-likeness (QED) is 0.321. The van der Waals surface area contributed by atoms with Gasteiger partial charge < -0.3 is 5.11 Å². The Bertz CT molecular complexity index is 734. The van der Waals surface area contributed by atoms with Gasteiger partial charge >= 0.3 is 53.6 Å². The molecule has 1 N–H and O–H groups in total. The highest BCUT2D eigenvalue weighted by Gasteiger charge is 2.85. The lowest BCUT2D eigenvalue weighted by atomic mass is 9.90. The maximum absolute atomic E-state index is 13.3. The Morgan fingerprint density at radius 1 is 0.485 bits per heavy atom. The van der Waals surface area contributed by atoms with Crippen LogP contribution in [0.25, 0.3) is 0 Å². The minimum atomic E-state index is -7.85. The fourth-order valence-corrected chi connectivity index (χ4v) is 1.90. The molecule has 0 aromatic rings. The zero-order chi connectivity index (χ0) is 27.5. The molecule has 0 saturated heterocycles. The van der Waals surface area contributed by atoms with Gasteiger partial charge in [0, 0.05) is 0 Å². The van der Waals surface area contributed by atoms with Crippen LogP contribution in [-0.2, 0) is 4.79 Å². The summed E-state index contributed by atoms with van der Waals surface area (Å²) in [6.07, 6.45) is -16.6. The van der Waals surface area contributed by atoms with Crippen LogP contribution in [0, 0.1) is 0 Å². The predicted molar refractivity (Wildman–Crippen MR) is 62.5 cm³/mol. The lowest BCUT2D eigenvalue weighted by Gasteiger charge is -2.38. The molecule has 0 rings (SSSR count). The third-order valence-electron chi connectivity index (χ3n) is 3.69. The van der Waals surface area contributed by atoms with Gasteiger partial charge in [0.2, 0.25) is 0 Å². The van der Waals surface area contributed by atoms with Gasteiger partial charge in [-0.05, 0) is 0 Å². The molecule has 0 saturated carbocycles. The van der Waals surface area contributed by atoms with E-state index in [9.17, 15) is 88.2 Å². The number of hydrogen-bond donors (Lipinski definition) is 1. The van der Waals surface area contributed by atoms with E-state index < -0.39 is 72.4 Å². The van der Waals surface area contributed by atoms with E-state index in [1.165, 1.54) is 0 Å². The van der Waals surface area contributed by atoms with Crippen LogP contribution < -0.4 is 0 Å². The summed E-state index contributed by atoms with van der Waals surface area (Å²) in [5.74, 6) is -63.9. The summed E-state index contributed by atoms with van der Waals surface area (Å²) in [5, 5.41) is 7.72. The summed E-state index contributed by atoms with van der Waals surface area (Å²) >= 11 is 0. The van der Waals surface area contributed by atoms with Crippen LogP contribution in [0.15, 0.2) is 0 Å². The third kappa shape index (κ3) is 4.85. The van der Waals surface area contributed by atoms with Crippen LogP contribution in [0.1, 0.15) is 12.8 Å². The molecule has 0 aliphatic rings. The number of halogens is 19. The summed E-state index contributed by atoms with van der Waals surface area (Å²) in [6, 6.07) is 0. The van der Waals surface area contributed by atoms with Gasteiger partial charge in [-0.3, -0.25) is 0 Å². The summed E-state index contributed by atoms with van der Waals surface area (Å²) in [5.41, 5.74) is 0. The molecule has 2 nitrogen and oxygen atoms in total. The number of carboxylic acids is 1. The van der Waals surface area contributed by atoms with E-state index in [2.05, 4.69) is 0 Å². The molecule has 33 heavy (non-hydrogen) atoms. The number of aliphatic carboxylic acids is 1. The van der Waals surface area contributed by atoms with Crippen molar-refractivity contribution in [2.24, 2.45) is 0 Å². The third-order valence-corrected chi connectivity index (χ3v) is 3.69. The Morgan fingerprint density at radius 2 is 0.758 bits per heavy atom. The maximum Gasteiger partial charge on any atom is 0.460 e. The lowest BCUT2D eigenvalue weighted by Crippen LogP contribution is -2.65. The van der Waals surface area contributed by atoms with Crippen LogP contribution in [0.3, 0.4) is 0 Å². The number of carbonyl (C=O) groups is 1. The fourth-order valence-electron chi connectivity index (χ4n) is 1.90. The highest BCUT2D eigenvalue weighted by Crippen LogP contribution is 2.58. The van der Waals surface area contributed by atoms with E-state index in [0.717, 1.165) is 0 Å². The van der Waals surface area contributed by atoms with Crippen LogP contribution in [0.5, 0.6) is 0 Å². The Morgan fingerprint density at radius 3 is 1.00 bits per heavy atom. The molecule has 0 aromatic carbocycles. The predicted octanol–water partition coefficient (Wildman–Crippen LogP) is 6.50. The van der Waals surface area contributed by atoms with Crippen molar-refractivity contribution in [2.45, 2.75) is 66.4 Å². The maximum atomic E-state index is 13.3. The molecule has 0 fully saturated rings. The highest BCUT2D eigenvalue weighted by atomic mass is 19.4. The first-order valence-corrected chi connectivity index (χ1v) is 7.18. The smallest absolute Gasteiger partial charge is 0.460 e. The zero-order valence-electron chi connectivity index (χ0n) is 14.5. The van der Waals surface area contributed by atoms with Crippen LogP contribution in [-0.4, -0.2) is 64.6 Å². The van der Waals surface area contributed by atoms with Crippen molar-refractivity contribution in [1.82, 2.24) is 0 Å². The van der Waals surface area contributed by atoms with Gasteiger partial charge in [0.05, 0.1) is 12.8 Å². The van der Waals surface area contributed by atoms with E-state index in [1.807, 2.05) is 0 Å². The molecule has 0 aromatic heterocycles. The number of rotatable bonds is 10. The summed E-state index contributed by atoms with van der Waals surface area (Å²) in [6.45, 7) is 0. The van der Waals surface area contributed by atoms with Crippen molar-refractivity contribution in [2.75, 3.05) is 0 Å². The SMILES string of the molecule is O=C(O)C(F)(F)C(F)(F)C(F)(F)C(F)(F)CC(F)(F)CC(F)(F)C(F)(F)C(F)(F)C(F)(F)F. The van der Waals surface area contributed by atoms with Crippen molar-refractivity contribution < 1.29 is 93.3 Å². The molecular weight excluding hydrogens is 537 g/mol. The molecule has 0 atom stereocenters. The monoisotopic (exact) mass is 542 g/mol. The van der Waals surface area contributed by atoms with E-state index in [1.54, 1.807) is 0 Å². The average Bonchev–Trinajstić information content (AvgIpc) is 2.50. The molecule has 0 radical (unpaired) electrons. The molecule has 198 valence electrons. The van der Waals surface area contributed by atoms with Gasteiger partial charge in [-0.15, -0.1) is 0 Å². The molecular formula is C12H5F19O2. The molecule has 0 bridgehead atoms. The van der Waals surface area contributed by atoms with E-state index in [0.29, 0.717) is 0 Å². The van der Waals surface area contributed by atoms with Gasteiger partial charge in [-0.25, -0.2) is 13.6 Å². The normalized spacial score (nSPS) is 16.2. The van der Waals surface area contributed by atoms with E-state index >= 15 is 0 Å². The molecule has 0 amide bonds.